The van der Waals surface area contributed by atoms with Gasteiger partial charge in [0.1, 0.15) is 6.26 Å². The summed E-state index contributed by atoms with van der Waals surface area (Å²) in [6.45, 7) is 1.27. The zero-order chi connectivity index (χ0) is 16.4. The van der Waals surface area contributed by atoms with E-state index >= 15 is 0 Å². The van der Waals surface area contributed by atoms with Crippen LogP contribution in [-0.2, 0) is 20.8 Å². The van der Waals surface area contributed by atoms with Crippen molar-refractivity contribution in [2.24, 2.45) is 0 Å². The predicted molar refractivity (Wildman–Crippen MR) is 79.7 cm³/mol. The van der Waals surface area contributed by atoms with Gasteiger partial charge in [-0.05, 0) is 12.8 Å². The summed E-state index contributed by atoms with van der Waals surface area (Å²) in [4.78, 5) is 29.1. The minimum Gasteiger partial charge on any atom is -0.464 e. The Hall–Kier alpha value is -1.60. The molecule has 0 spiro atoms. The molecule has 1 rings (SSSR count). The number of amides is 1. The fourth-order valence-corrected chi connectivity index (χ4v) is 1.95. The Morgan fingerprint density at radius 2 is 2.14 bits per heavy atom. The van der Waals surface area contributed by atoms with Gasteiger partial charge in [-0.25, -0.2) is 9.78 Å². The summed E-state index contributed by atoms with van der Waals surface area (Å²) in [7, 11) is 2.87. The van der Waals surface area contributed by atoms with Crippen molar-refractivity contribution in [2.45, 2.75) is 25.8 Å². The molecule has 7 nitrogen and oxygen atoms in total. The van der Waals surface area contributed by atoms with Crippen molar-refractivity contribution >= 4 is 23.5 Å². The lowest BCUT2D eigenvalue weighted by Gasteiger charge is -2.21. The molecular formula is C14H21ClN2O5. The highest BCUT2D eigenvalue weighted by molar-refractivity contribution is 6.17. The van der Waals surface area contributed by atoms with Crippen molar-refractivity contribution in [2.75, 3.05) is 33.3 Å². The molecule has 1 amide bonds. The van der Waals surface area contributed by atoms with Crippen molar-refractivity contribution in [3.05, 3.63) is 17.8 Å². The minimum atomic E-state index is -0.575. The molecule has 0 atom stereocenters. The van der Waals surface area contributed by atoms with Gasteiger partial charge in [0, 0.05) is 32.6 Å². The summed E-state index contributed by atoms with van der Waals surface area (Å²) in [6, 6.07) is 0. The van der Waals surface area contributed by atoms with Gasteiger partial charge in [0.05, 0.1) is 13.7 Å². The van der Waals surface area contributed by atoms with Crippen LogP contribution in [-0.4, -0.2) is 55.0 Å². The number of aromatic nitrogens is 1. The third kappa shape index (κ3) is 6.03. The molecule has 0 aliphatic heterocycles. The SMILES string of the molecule is COCCCN(Cc1nc(C(=O)OC)co1)C(=O)CCCCl. The Balaban J connectivity index is 2.67. The quantitative estimate of drug-likeness (QED) is 0.369. The Morgan fingerprint density at radius 1 is 1.36 bits per heavy atom. The van der Waals surface area contributed by atoms with E-state index in [1.165, 1.54) is 13.4 Å². The number of hydrogen-bond acceptors (Lipinski definition) is 6. The van der Waals surface area contributed by atoms with Crippen LogP contribution in [0, 0.1) is 0 Å². The molecule has 124 valence electrons. The first kappa shape index (κ1) is 18.4. The summed E-state index contributed by atoms with van der Waals surface area (Å²) in [5.41, 5.74) is 0.0857. The molecule has 0 aliphatic rings. The zero-order valence-corrected chi connectivity index (χ0v) is 13.6. The highest BCUT2D eigenvalue weighted by Gasteiger charge is 2.18. The fraction of sp³-hybridized carbons (Fsp3) is 0.643. The van der Waals surface area contributed by atoms with Crippen LogP contribution in [0.2, 0.25) is 0 Å². The summed E-state index contributed by atoms with van der Waals surface area (Å²) in [5, 5.41) is 0. The van der Waals surface area contributed by atoms with Crippen molar-refractivity contribution in [1.82, 2.24) is 9.88 Å². The third-order valence-corrected chi connectivity index (χ3v) is 3.19. The van der Waals surface area contributed by atoms with Crippen molar-refractivity contribution in [3.8, 4) is 0 Å². The van der Waals surface area contributed by atoms with E-state index in [0.29, 0.717) is 38.3 Å². The lowest BCUT2D eigenvalue weighted by atomic mass is 10.2. The number of hydrogen-bond donors (Lipinski definition) is 0. The van der Waals surface area contributed by atoms with Gasteiger partial charge < -0.3 is 18.8 Å². The van der Waals surface area contributed by atoms with Crippen molar-refractivity contribution in [3.63, 3.8) is 0 Å². The first-order valence-electron chi connectivity index (χ1n) is 6.97. The van der Waals surface area contributed by atoms with E-state index in [0.717, 1.165) is 0 Å². The average Bonchev–Trinajstić information content (AvgIpc) is 2.99. The number of carbonyl (C=O) groups is 2. The van der Waals surface area contributed by atoms with E-state index in [-0.39, 0.29) is 24.0 Å². The molecule has 0 radical (unpaired) electrons. The molecule has 1 aromatic rings. The van der Waals surface area contributed by atoms with Crippen LogP contribution < -0.4 is 0 Å². The topological polar surface area (TPSA) is 81.9 Å². The number of esters is 1. The van der Waals surface area contributed by atoms with E-state index in [2.05, 4.69) is 9.72 Å². The molecule has 0 bridgehead atoms. The second kappa shape index (κ2) is 10.2. The normalized spacial score (nSPS) is 10.5. The van der Waals surface area contributed by atoms with Gasteiger partial charge in [-0.2, -0.15) is 0 Å². The van der Waals surface area contributed by atoms with Crippen molar-refractivity contribution in [1.29, 1.82) is 0 Å². The molecule has 0 N–H and O–H groups in total. The molecule has 0 aromatic carbocycles. The maximum Gasteiger partial charge on any atom is 0.360 e. The second-order valence-electron chi connectivity index (χ2n) is 4.57. The van der Waals surface area contributed by atoms with Gasteiger partial charge in [0.2, 0.25) is 11.8 Å². The second-order valence-corrected chi connectivity index (χ2v) is 4.95. The number of oxazole rings is 1. The van der Waals surface area contributed by atoms with Crippen LogP contribution in [0.15, 0.2) is 10.7 Å². The molecule has 0 saturated carbocycles. The molecule has 0 unspecified atom stereocenters. The molecule has 0 aliphatic carbocycles. The van der Waals surface area contributed by atoms with Crippen LogP contribution in [0.3, 0.4) is 0 Å². The smallest absolute Gasteiger partial charge is 0.360 e. The third-order valence-electron chi connectivity index (χ3n) is 2.93. The van der Waals surface area contributed by atoms with Gasteiger partial charge in [0.25, 0.3) is 0 Å². The summed E-state index contributed by atoms with van der Waals surface area (Å²) < 4.78 is 14.8. The Morgan fingerprint density at radius 3 is 2.77 bits per heavy atom. The Kier molecular flexibility index (Phi) is 8.54. The molecular weight excluding hydrogens is 312 g/mol. The van der Waals surface area contributed by atoms with E-state index in [9.17, 15) is 9.59 Å². The van der Waals surface area contributed by atoms with Gasteiger partial charge in [0.15, 0.2) is 5.69 Å². The number of ether oxygens (including phenoxy) is 2. The van der Waals surface area contributed by atoms with E-state index in [4.69, 9.17) is 20.8 Å². The Labute approximate surface area is 134 Å². The van der Waals surface area contributed by atoms with E-state index in [1.807, 2.05) is 0 Å². The predicted octanol–water partition coefficient (Wildman–Crippen LogP) is 1.85. The molecule has 0 saturated heterocycles. The number of nitrogens with zero attached hydrogens (tertiary/aromatic N) is 2. The van der Waals surface area contributed by atoms with Gasteiger partial charge in [-0.1, -0.05) is 0 Å². The van der Waals surface area contributed by atoms with Gasteiger partial charge in [-0.15, -0.1) is 11.6 Å². The first-order valence-corrected chi connectivity index (χ1v) is 7.51. The monoisotopic (exact) mass is 332 g/mol. The summed E-state index contributed by atoms with van der Waals surface area (Å²) in [6.07, 6.45) is 2.90. The summed E-state index contributed by atoms with van der Waals surface area (Å²) in [5.74, 6) is 0.115. The highest BCUT2D eigenvalue weighted by Crippen LogP contribution is 2.10. The molecule has 1 heterocycles. The maximum atomic E-state index is 12.2. The molecule has 0 fully saturated rings. The van der Waals surface area contributed by atoms with E-state index in [1.54, 1.807) is 12.0 Å². The number of rotatable bonds is 10. The van der Waals surface area contributed by atoms with Crippen LogP contribution in [0.4, 0.5) is 0 Å². The number of methoxy groups -OCH3 is 2. The number of alkyl halides is 1. The highest BCUT2D eigenvalue weighted by atomic mass is 35.5. The van der Waals surface area contributed by atoms with Crippen LogP contribution in [0.5, 0.6) is 0 Å². The Bertz CT molecular complexity index is 478. The largest absolute Gasteiger partial charge is 0.464 e. The average molecular weight is 333 g/mol. The van der Waals surface area contributed by atoms with Crippen LogP contribution >= 0.6 is 11.6 Å². The van der Waals surface area contributed by atoms with Gasteiger partial charge in [-0.3, -0.25) is 4.79 Å². The maximum absolute atomic E-state index is 12.2. The number of carbonyl (C=O) groups excluding carboxylic acids is 2. The standard InChI is InChI=1S/C14H21ClN2O5/c1-20-8-4-7-17(13(18)5-3-6-15)9-12-16-11(10-22-12)14(19)21-2/h10H,3-9H2,1-2H3. The molecule has 1 aromatic heterocycles. The first-order chi connectivity index (χ1) is 10.6. The minimum absolute atomic E-state index is 0.0328. The van der Waals surface area contributed by atoms with Crippen molar-refractivity contribution < 1.29 is 23.5 Å². The van der Waals surface area contributed by atoms with Crippen LogP contribution in [0.1, 0.15) is 35.6 Å². The molecule has 8 heteroatoms. The summed E-state index contributed by atoms with van der Waals surface area (Å²) >= 11 is 5.62. The molecule has 22 heavy (non-hydrogen) atoms. The zero-order valence-electron chi connectivity index (χ0n) is 12.8. The lowest BCUT2D eigenvalue weighted by molar-refractivity contribution is -0.132. The lowest BCUT2D eigenvalue weighted by Crippen LogP contribution is -2.32. The fourth-order valence-electron chi connectivity index (χ4n) is 1.81. The van der Waals surface area contributed by atoms with E-state index < -0.39 is 5.97 Å². The number of halogens is 1. The van der Waals surface area contributed by atoms with Crippen LogP contribution in [0.25, 0.3) is 0 Å². The van der Waals surface area contributed by atoms with Gasteiger partial charge >= 0.3 is 5.97 Å².